The SMILES string of the molecule is C[C@H]1CCCN1c1cc2cc(C(=O)O)ccc2nc1-c1ccc2n[nH]nc2c1. The van der Waals surface area contributed by atoms with E-state index in [4.69, 9.17) is 4.98 Å². The van der Waals surface area contributed by atoms with Crippen LogP contribution in [0.2, 0.25) is 0 Å². The molecule has 7 heteroatoms. The minimum Gasteiger partial charge on any atom is -0.478 e. The first-order chi connectivity index (χ1) is 13.6. The van der Waals surface area contributed by atoms with Gasteiger partial charge in [-0.15, -0.1) is 0 Å². The number of benzene rings is 2. The molecule has 2 aromatic heterocycles. The molecule has 7 nitrogen and oxygen atoms in total. The molecule has 0 spiro atoms. The number of aromatic nitrogens is 4. The second-order valence-electron chi connectivity index (χ2n) is 7.28. The topological polar surface area (TPSA) is 95.0 Å². The van der Waals surface area contributed by atoms with Crippen LogP contribution in [0.1, 0.15) is 30.1 Å². The van der Waals surface area contributed by atoms with Gasteiger partial charge in [0.15, 0.2) is 0 Å². The molecular weight excluding hydrogens is 354 g/mol. The molecule has 1 atom stereocenters. The number of rotatable bonds is 3. The number of nitrogens with one attached hydrogen (secondary N) is 1. The van der Waals surface area contributed by atoms with Crippen molar-refractivity contribution < 1.29 is 9.90 Å². The quantitative estimate of drug-likeness (QED) is 0.566. The molecule has 1 saturated heterocycles. The minimum atomic E-state index is -0.932. The fraction of sp³-hybridized carbons (Fsp3) is 0.238. The Labute approximate surface area is 161 Å². The van der Waals surface area contributed by atoms with E-state index in [2.05, 4.69) is 33.3 Å². The first-order valence-electron chi connectivity index (χ1n) is 9.36. The lowest BCUT2D eigenvalue weighted by atomic mass is 10.0. The Morgan fingerprint density at radius 3 is 2.71 bits per heavy atom. The van der Waals surface area contributed by atoms with Crippen molar-refractivity contribution in [1.82, 2.24) is 20.4 Å². The van der Waals surface area contributed by atoms with Crippen molar-refractivity contribution >= 4 is 33.6 Å². The Morgan fingerprint density at radius 2 is 1.93 bits per heavy atom. The van der Waals surface area contributed by atoms with Gasteiger partial charge in [-0.1, -0.05) is 6.07 Å². The van der Waals surface area contributed by atoms with Gasteiger partial charge in [-0.3, -0.25) is 0 Å². The van der Waals surface area contributed by atoms with E-state index < -0.39 is 5.97 Å². The largest absolute Gasteiger partial charge is 0.478 e. The summed E-state index contributed by atoms with van der Waals surface area (Å²) in [5.74, 6) is -0.932. The van der Waals surface area contributed by atoms with Gasteiger partial charge in [0.05, 0.1) is 22.5 Å². The van der Waals surface area contributed by atoms with Crippen LogP contribution in [0.25, 0.3) is 33.2 Å². The number of carboxylic acids is 1. The fourth-order valence-electron chi connectivity index (χ4n) is 4.01. The number of carboxylic acid groups (broad SMARTS) is 1. The highest BCUT2D eigenvalue weighted by Crippen LogP contribution is 2.37. The second-order valence-corrected chi connectivity index (χ2v) is 7.28. The lowest BCUT2D eigenvalue weighted by molar-refractivity contribution is 0.0697. The van der Waals surface area contributed by atoms with Gasteiger partial charge in [-0.25, -0.2) is 9.78 Å². The number of aromatic amines is 1. The van der Waals surface area contributed by atoms with Crippen LogP contribution in [0.15, 0.2) is 42.5 Å². The van der Waals surface area contributed by atoms with Crippen molar-refractivity contribution in [3.63, 3.8) is 0 Å². The van der Waals surface area contributed by atoms with Crippen molar-refractivity contribution in [2.75, 3.05) is 11.4 Å². The Hall–Kier alpha value is -3.48. The van der Waals surface area contributed by atoms with E-state index in [1.165, 1.54) is 0 Å². The molecule has 140 valence electrons. The second kappa shape index (κ2) is 6.30. The van der Waals surface area contributed by atoms with Crippen LogP contribution in [0.4, 0.5) is 5.69 Å². The Kier molecular flexibility index (Phi) is 3.75. The molecule has 4 aromatic rings. The molecule has 3 heterocycles. The van der Waals surface area contributed by atoms with Crippen LogP contribution in [0.5, 0.6) is 0 Å². The van der Waals surface area contributed by atoms with Crippen molar-refractivity contribution in [2.24, 2.45) is 0 Å². The summed E-state index contributed by atoms with van der Waals surface area (Å²) in [6, 6.07) is 13.5. The van der Waals surface area contributed by atoms with E-state index in [0.29, 0.717) is 6.04 Å². The van der Waals surface area contributed by atoms with Crippen LogP contribution in [0, 0.1) is 0 Å². The molecule has 28 heavy (non-hydrogen) atoms. The molecule has 0 unspecified atom stereocenters. The first kappa shape index (κ1) is 16.7. The summed E-state index contributed by atoms with van der Waals surface area (Å²) in [7, 11) is 0. The predicted molar refractivity (Wildman–Crippen MR) is 108 cm³/mol. The number of fused-ring (bicyclic) bond motifs is 2. The standard InChI is InChI=1S/C21H19N5O2/c1-12-3-2-8-26(12)19-11-15-9-14(21(27)28)5-6-16(15)22-20(19)13-4-7-17-18(10-13)24-25-23-17/h4-7,9-12H,2-3,8H2,1H3,(H,27,28)(H,23,24,25)/t12-/m0/s1. The summed E-state index contributed by atoms with van der Waals surface area (Å²) >= 11 is 0. The van der Waals surface area contributed by atoms with E-state index in [0.717, 1.165) is 58.3 Å². The van der Waals surface area contributed by atoms with E-state index >= 15 is 0 Å². The highest BCUT2D eigenvalue weighted by Gasteiger charge is 2.25. The van der Waals surface area contributed by atoms with Crippen molar-refractivity contribution in [3.05, 3.63) is 48.0 Å². The van der Waals surface area contributed by atoms with Gasteiger partial charge in [-0.2, -0.15) is 15.4 Å². The molecule has 0 saturated carbocycles. The molecule has 0 amide bonds. The third-order valence-corrected chi connectivity index (χ3v) is 5.49. The number of H-pyrrole nitrogens is 1. The summed E-state index contributed by atoms with van der Waals surface area (Å²) in [5, 5.41) is 21.1. The molecule has 5 rings (SSSR count). The first-order valence-corrected chi connectivity index (χ1v) is 9.36. The maximum Gasteiger partial charge on any atom is 0.335 e. The number of hydrogen-bond donors (Lipinski definition) is 2. The van der Waals surface area contributed by atoms with Crippen LogP contribution < -0.4 is 4.90 Å². The lowest BCUT2D eigenvalue weighted by Crippen LogP contribution is -2.27. The number of pyridine rings is 1. The Bertz CT molecular complexity index is 1220. The lowest BCUT2D eigenvalue weighted by Gasteiger charge is -2.26. The minimum absolute atomic E-state index is 0.270. The zero-order valence-electron chi connectivity index (χ0n) is 15.4. The van der Waals surface area contributed by atoms with Gasteiger partial charge in [0.2, 0.25) is 0 Å². The zero-order valence-corrected chi connectivity index (χ0v) is 15.4. The molecule has 0 radical (unpaired) electrons. The van der Waals surface area contributed by atoms with E-state index in [1.54, 1.807) is 18.2 Å². The summed E-state index contributed by atoms with van der Waals surface area (Å²) in [6.45, 7) is 3.18. The number of nitrogens with zero attached hydrogens (tertiary/aromatic N) is 4. The third-order valence-electron chi connectivity index (χ3n) is 5.49. The summed E-state index contributed by atoms with van der Waals surface area (Å²) in [5.41, 5.74) is 5.53. The van der Waals surface area contributed by atoms with Crippen molar-refractivity contribution in [2.45, 2.75) is 25.8 Å². The van der Waals surface area contributed by atoms with E-state index in [-0.39, 0.29) is 5.56 Å². The highest BCUT2D eigenvalue weighted by molar-refractivity contribution is 5.96. The maximum atomic E-state index is 11.4. The Morgan fingerprint density at radius 1 is 1.11 bits per heavy atom. The normalized spacial score (nSPS) is 16.9. The zero-order chi connectivity index (χ0) is 19.3. The van der Waals surface area contributed by atoms with Gasteiger partial charge in [-0.05, 0) is 56.2 Å². The van der Waals surface area contributed by atoms with Gasteiger partial charge in [0.25, 0.3) is 0 Å². The van der Waals surface area contributed by atoms with Crippen LogP contribution in [-0.4, -0.2) is 44.1 Å². The molecule has 0 bridgehead atoms. The summed E-state index contributed by atoms with van der Waals surface area (Å²) in [4.78, 5) is 18.7. The summed E-state index contributed by atoms with van der Waals surface area (Å²) < 4.78 is 0. The average Bonchev–Trinajstić information content (AvgIpc) is 3.34. The van der Waals surface area contributed by atoms with Gasteiger partial charge in [0, 0.05) is 23.5 Å². The number of hydrogen-bond acceptors (Lipinski definition) is 5. The smallest absolute Gasteiger partial charge is 0.335 e. The number of carbonyl (C=O) groups is 1. The highest BCUT2D eigenvalue weighted by atomic mass is 16.4. The van der Waals surface area contributed by atoms with Crippen LogP contribution >= 0.6 is 0 Å². The fourth-order valence-corrected chi connectivity index (χ4v) is 4.01. The molecule has 2 N–H and O–H groups in total. The van der Waals surface area contributed by atoms with E-state index in [9.17, 15) is 9.90 Å². The number of anilines is 1. The van der Waals surface area contributed by atoms with Crippen molar-refractivity contribution in [3.8, 4) is 11.3 Å². The maximum absolute atomic E-state index is 11.4. The van der Waals surface area contributed by atoms with E-state index in [1.807, 2.05) is 18.2 Å². The number of aromatic carboxylic acids is 1. The summed E-state index contributed by atoms with van der Waals surface area (Å²) in [6.07, 6.45) is 2.27. The van der Waals surface area contributed by atoms with Crippen molar-refractivity contribution in [1.29, 1.82) is 0 Å². The molecule has 2 aromatic carbocycles. The molecule has 1 aliphatic rings. The van der Waals surface area contributed by atoms with Crippen LogP contribution in [-0.2, 0) is 0 Å². The van der Waals surface area contributed by atoms with Crippen LogP contribution in [0.3, 0.4) is 0 Å². The van der Waals surface area contributed by atoms with Gasteiger partial charge < -0.3 is 10.0 Å². The Balaban J connectivity index is 1.75. The monoisotopic (exact) mass is 373 g/mol. The molecule has 1 fully saturated rings. The average molecular weight is 373 g/mol. The van der Waals surface area contributed by atoms with Gasteiger partial charge >= 0.3 is 5.97 Å². The molecular formula is C21H19N5O2. The predicted octanol–water partition coefficient (Wildman–Crippen LogP) is 3.86. The molecule has 0 aliphatic carbocycles. The third kappa shape index (κ3) is 2.67. The molecule has 1 aliphatic heterocycles. The van der Waals surface area contributed by atoms with Gasteiger partial charge in [0.1, 0.15) is 11.0 Å².